The van der Waals surface area contributed by atoms with E-state index in [0.29, 0.717) is 24.5 Å². The summed E-state index contributed by atoms with van der Waals surface area (Å²) in [4.78, 5) is 35.7. The van der Waals surface area contributed by atoms with Crippen LogP contribution in [-0.2, 0) is 9.59 Å². The quantitative estimate of drug-likeness (QED) is 0.228. The van der Waals surface area contributed by atoms with Crippen LogP contribution in [0.25, 0.3) is 0 Å². The largest absolute Gasteiger partial charge is 0.511 e. The van der Waals surface area contributed by atoms with Crippen molar-refractivity contribution in [1.82, 2.24) is 10.6 Å². The molecule has 0 spiro atoms. The second-order valence-corrected chi connectivity index (χ2v) is 9.33. The molecule has 1 saturated carbocycles. The van der Waals surface area contributed by atoms with E-state index in [1.807, 2.05) is 25.6 Å². The van der Waals surface area contributed by atoms with Crippen LogP contribution in [0.2, 0.25) is 0 Å². The van der Waals surface area contributed by atoms with Crippen molar-refractivity contribution in [3.8, 4) is 0 Å². The SMILES string of the molecule is CC1(C)CC(=O)C(=C(O)CCCC[C@@H]2SC[C@H]3NC(=O)N[C@@H]23)C(=O)C1. The summed E-state index contributed by atoms with van der Waals surface area (Å²) in [6.45, 7) is 3.81. The first-order valence-corrected chi connectivity index (χ1v) is 9.99. The van der Waals surface area contributed by atoms with Crippen LogP contribution in [0.3, 0.4) is 0 Å². The molecule has 0 aromatic rings. The molecule has 2 saturated heterocycles. The Bertz CT molecular complexity index is 607. The third kappa shape index (κ3) is 4.02. The van der Waals surface area contributed by atoms with E-state index in [-0.39, 0.29) is 46.4 Å². The summed E-state index contributed by atoms with van der Waals surface area (Å²) >= 11 is 1.86. The fourth-order valence-electron chi connectivity index (χ4n) is 3.99. The van der Waals surface area contributed by atoms with Crippen molar-refractivity contribution in [2.24, 2.45) is 5.41 Å². The highest BCUT2D eigenvalue weighted by atomic mass is 32.2. The van der Waals surface area contributed by atoms with Gasteiger partial charge in [0.05, 0.1) is 17.7 Å². The Morgan fingerprint density at radius 2 is 1.84 bits per heavy atom. The number of unbranched alkanes of at least 4 members (excludes halogenated alkanes) is 1. The summed E-state index contributed by atoms with van der Waals surface area (Å²) in [5.41, 5.74) is -0.282. The molecular formula is C18H26N2O4S. The van der Waals surface area contributed by atoms with Crippen LogP contribution in [0.1, 0.15) is 52.4 Å². The van der Waals surface area contributed by atoms with Crippen LogP contribution >= 0.6 is 11.8 Å². The maximum atomic E-state index is 12.2. The number of thioether (sulfide) groups is 1. The number of aliphatic hydroxyl groups is 1. The normalized spacial score (nSPS) is 30.9. The Labute approximate surface area is 152 Å². The molecule has 0 radical (unpaired) electrons. The second kappa shape index (κ2) is 7.02. The average Bonchev–Trinajstić information content (AvgIpc) is 3.01. The van der Waals surface area contributed by atoms with Crippen molar-refractivity contribution in [1.29, 1.82) is 0 Å². The Kier molecular flexibility index (Phi) is 5.14. The van der Waals surface area contributed by atoms with Gasteiger partial charge >= 0.3 is 6.03 Å². The molecule has 2 aliphatic heterocycles. The molecule has 3 aliphatic rings. The lowest BCUT2D eigenvalue weighted by molar-refractivity contribution is -0.127. The summed E-state index contributed by atoms with van der Waals surface area (Å²) < 4.78 is 0. The van der Waals surface area contributed by atoms with E-state index < -0.39 is 0 Å². The highest BCUT2D eigenvalue weighted by Crippen LogP contribution is 2.36. The average molecular weight is 366 g/mol. The zero-order valence-electron chi connectivity index (χ0n) is 14.8. The van der Waals surface area contributed by atoms with Gasteiger partial charge in [-0.15, -0.1) is 0 Å². The molecule has 3 N–H and O–H groups in total. The number of Topliss-reactive ketones (excluding diaryl/α,β-unsaturated/α-hetero) is 2. The number of fused-ring (bicyclic) bond motifs is 1. The third-order valence-corrected chi connectivity index (χ3v) is 6.72. The highest BCUT2D eigenvalue weighted by Gasteiger charge is 2.42. The van der Waals surface area contributed by atoms with Gasteiger partial charge in [0.25, 0.3) is 0 Å². The minimum absolute atomic E-state index is 0.0295. The van der Waals surface area contributed by atoms with Gasteiger partial charge in [-0.2, -0.15) is 11.8 Å². The number of amides is 2. The minimum Gasteiger partial charge on any atom is -0.511 e. The highest BCUT2D eigenvalue weighted by molar-refractivity contribution is 8.00. The maximum absolute atomic E-state index is 12.2. The van der Waals surface area contributed by atoms with E-state index in [9.17, 15) is 19.5 Å². The Balaban J connectivity index is 1.48. The molecule has 3 rings (SSSR count). The van der Waals surface area contributed by atoms with Gasteiger partial charge in [0.1, 0.15) is 5.76 Å². The third-order valence-electron chi connectivity index (χ3n) is 5.21. The molecule has 3 fully saturated rings. The van der Waals surface area contributed by atoms with E-state index >= 15 is 0 Å². The van der Waals surface area contributed by atoms with Gasteiger partial charge in [0.2, 0.25) is 0 Å². The molecule has 3 atom stereocenters. The van der Waals surface area contributed by atoms with Gasteiger partial charge in [0, 0.05) is 30.3 Å². The fourth-order valence-corrected chi connectivity index (χ4v) is 5.54. The number of rotatable bonds is 5. The van der Waals surface area contributed by atoms with Crippen LogP contribution in [0.4, 0.5) is 4.79 Å². The standard InChI is InChI=1S/C18H26N2O4S/c1-18(2)7-12(22)15(13(23)8-18)11(21)5-3-4-6-14-16-10(9-25-14)19-17(24)20-16/h10,14,16,21H,3-9H2,1-2H3,(H2,19,20,24)/t10-,14+,16-/m1/s1. The number of aliphatic hydroxyl groups excluding tert-OH is 1. The van der Waals surface area contributed by atoms with Crippen molar-refractivity contribution in [2.75, 3.05) is 5.75 Å². The van der Waals surface area contributed by atoms with Gasteiger partial charge in [-0.1, -0.05) is 20.3 Å². The Morgan fingerprint density at radius 1 is 1.16 bits per heavy atom. The maximum Gasteiger partial charge on any atom is 0.315 e. The van der Waals surface area contributed by atoms with Crippen LogP contribution in [0, 0.1) is 5.41 Å². The molecule has 0 unspecified atom stereocenters. The summed E-state index contributed by atoms with van der Waals surface area (Å²) in [7, 11) is 0. The van der Waals surface area contributed by atoms with Crippen LogP contribution < -0.4 is 10.6 Å². The number of ketones is 2. The van der Waals surface area contributed by atoms with Crippen molar-refractivity contribution in [3.05, 3.63) is 11.3 Å². The molecule has 25 heavy (non-hydrogen) atoms. The van der Waals surface area contributed by atoms with E-state index in [1.165, 1.54) is 0 Å². The van der Waals surface area contributed by atoms with E-state index in [1.54, 1.807) is 0 Å². The number of urea groups is 1. The lowest BCUT2D eigenvalue weighted by Gasteiger charge is -2.28. The number of allylic oxidation sites excluding steroid dienone is 2. The van der Waals surface area contributed by atoms with Crippen LogP contribution in [0.5, 0.6) is 0 Å². The lowest BCUT2D eigenvalue weighted by Crippen LogP contribution is -2.36. The molecule has 1 aliphatic carbocycles. The first kappa shape index (κ1) is 18.3. The Hall–Kier alpha value is -1.50. The van der Waals surface area contributed by atoms with Gasteiger partial charge in [0.15, 0.2) is 11.6 Å². The minimum atomic E-state index is -0.312. The van der Waals surface area contributed by atoms with Crippen molar-refractivity contribution in [2.45, 2.75) is 69.7 Å². The monoisotopic (exact) mass is 366 g/mol. The summed E-state index contributed by atoms with van der Waals surface area (Å²) in [5, 5.41) is 16.5. The van der Waals surface area contributed by atoms with E-state index in [4.69, 9.17) is 0 Å². The summed E-state index contributed by atoms with van der Waals surface area (Å²) in [6.07, 6.45) is 3.56. The molecule has 7 heteroatoms. The first-order valence-electron chi connectivity index (χ1n) is 8.94. The van der Waals surface area contributed by atoms with Crippen molar-refractivity contribution >= 4 is 29.4 Å². The molecule has 0 bridgehead atoms. The van der Waals surface area contributed by atoms with Crippen LogP contribution in [0.15, 0.2) is 11.3 Å². The zero-order chi connectivity index (χ0) is 18.2. The smallest absolute Gasteiger partial charge is 0.315 e. The van der Waals surface area contributed by atoms with Gasteiger partial charge in [-0.25, -0.2) is 4.79 Å². The van der Waals surface area contributed by atoms with Gasteiger partial charge in [-0.05, 0) is 18.3 Å². The molecule has 0 aromatic carbocycles. The molecule has 2 heterocycles. The number of hydrogen-bond acceptors (Lipinski definition) is 5. The predicted octanol–water partition coefficient (Wildman–Crippen LogP) is 2.48. The van der Waals surface area contributed by atoms with Crippen molar-refractivity contribution < 1.29 is 19.5 Å². The van der Waals surface area contributed by atoms with E-state index in [2.05, 4.69) is 10.6 Å². The number of hydrogen-bond donors (Lipinski definition) is 3. The number of carbonyl (C=O) groups is 3. The van der Waals surface area contributed by atoms with Gasteiger partial charge < -0.3 is 15.7 Å². The van der Waals surface area contributed by atoms with Crippen LogP contribution in [-0.4, -0.2) is 45.8 Å². The number of nitrogens with one attached hydrogen (secondary N) is 2. The fraction of sp³-hybridized carbons (Fsp3) is 0.722. The zero-order valence-corrected chi connectivity index (χ0v) is 15.6. The molecule has 138 valence electrons. The topological polar surface area (TPSA) is 95.5 Å². The Morgan fingerprint density at radius 3 is 2.52 bits per heavy atom. The molecule has 6 nitrogen and oxygen atoms in total. The summed E-state index contributed by atoms with van der Waals surface area (Å²) in [5.74, 6) is 0.431. The van der Waals surface area contributed by atoms with Gasteiger partial charge in [-0.3, -0.25) is 9.59 Å². The molecule has 0 aromatic heterocycles. The number of carbonyl (C=O) groups excluding carboxylic acids is 3. The predicted molar refractivity (Wildman–Crippen MR) is 96.6 cm³/mol. The molecular weight excluding hydrogens is 340 g/mol. The second-order valence-electron chi connectivity index (χ2n) is 8.05. The first-order chi connectivity index (χ1) is 11.8. The lowest BCUT2D eigenvalue weighted by atomic mass is 9.73. The summed E-state index contributed by atoms with van der Waals surface area (Å²) in [6, 6.07) is 0.326. The molecule has 2 amide bonds. The van der Waals surface area contributed by atoms with Crippen molar-refractivity contribution in [3.63, 3.8) is 0 Å². The van der Waals surface area contributed by atoms with E-state index in [0.717, 1.165) is 25.0 Å².